The van der Waals surface area contributed by atoms with Crippen molar-refractivity contribution in [2.45, 2.75) is 11.0 Å². The van der Waals surface area contributed by atoms with Crippen molar-refractivity contribution in [3.05, 3.63) is 59.1 Å². The van der Waals surface area contributed by atoms with Gasteiger partial charge in [-0.05, 0) is 42.0 Å². The van der Waals surface area contributed by atoms with Crippen LogP contribution in [-0.4, -0.2) is 39.0 Å². The molecule has 142 valence electrons. The summed E-state index contributed by atoms with van der Waals surface area (Å²) in [4.78, 5) is 0.0167. The fourth-order valence-corrected chi connectivity index (χ4v) is 3.38. The molecule has 0 spiro atoms. The maximum Gasteiger partial charge on any atom is 0.300 e. The topological polar surface area (TPSA) is 130 Å². The Balaban J connectivity index is 1.97. The monoisotopic (exact) mass is 421 g/mol. The molecule has 26 heavy (non-hydrogen) atoms. The molecule has 0 heterocycles. The Kier molecular flexibility index (Phi) is 6.61. The van der Waals surface area contributed by atoms with Gasteiger partial charge in [-0.25, -0.2) is 13.1 Å². The molecule has 1 atom stereocenters. The molecule has 8 nitrogen and oxygen atoms in total. The van der Waals surface area contributed by atoms with E-state index < -0.39 is 32.2 Å². The second-order valence-corrected chi connectivity index (χ2v) is 8.84. The summed E-state index contributed by atoms with van der Waals surface area (Å²) in [6.07, 6.45) is -1.13. The predicted octanol–water partition coefficient (Wildman–Crippen LogP) is 1.58. The van der Waals surface area contributed by atoms with Crippen molar-refractivity contribution in [1.82, 2.24) is 4.72 Å². The van der Waals surface area contributed by atoms with E-state index in [2.05, 4.69) is 4.72 Å². The molecule has 1 unspecified atom stereocenters. The minimum atomic E-state index is -4.26. The summed E-state index contributed by atoms with van der Waals surface area (Å²) in [6.45, 7) is -0.268. The van der Waals surface area contributed by atoms with E-state index >= 15 is 0 Å². The summed E-state index contributed by atoms with van der Waals surface area (Å²) in [6, 6.07) is 11.2. The molecule has 0 aliphatic heterocycles. The summed E-state index contributed by atoms with van der Waals surface area (Å²) in [7, 11) is -8.06. The van der Waals surface area contributed by atoms with Crippen molar-refractivity contribution >= 4 is 31.7 Å². The van der Waals surface area contributed by atoms with Crippen LogP contribution in [0.25, 0.3) is 0 Å². The van der Waals surface area contributed by atoms with Crippen LogP contribution in [0, 0.1) is 0 Å². The maximum absolute atomic E-state index is 12.1. The molecule has 2 rings (SSSR count). The second-order valence-electron chi connectivity index (χ2n) is 5.23. The highest BCUT2D eigenvalue weighted by atomic mass is 35.5. The number of hydrogen-bond donors (Lipinski definition) is 3. The lowest BCUT2D eigenvalue weighted by molar-refractivity contribution is 0.182. The molecule has 0 aliphatic carbocycles. The molecule has 0 saturated heterocycles. The van der Waals surface area contributed by atoms with E-state index in [0.29, 0.717) is 10.6 Å². The van der Waals surface area contributed by atoms with Crippen molar-refractivity contribution in [1.29, 1.82) is 0 Å². The first-order valence-corrected chi connectivity index (χ1v) is 10.6. The Morgan fingerprint density at radius 1 is 1.00 bits per heavy atom. The van der Waals surface area contributed by atoms with E-state index in [9.17, 15) is 21.9 Å². The molecule has 11 heteroatoms. The lowest BCUT2D eigenvalue weighted by Gasteiger charge is -2.13. The van der Waals surface area contributed by atoms with E-state index in [1.54, 1.807) is 0 Å². The predicted molar refractivity (Wildman–Crippen MR) is 95.1 cm³/mol. The van der Waals surface area contributed by atoms with Gasteiger partial charge in [0.1, 0.15) is 5.75 Å². The normalized spacial score (nSPS) is 13.3. The highest BCUT2D eigenvalue weighted by Gasteiger charge is 2.17. The number of halogens is 1. The SMILES string of the molecule is O=S(=O)(O)COc1ccc(C(O)CNS(=O)(=O)c2ccc(Cl)cc2)cc1. The number of rotatable bonds is 8. The van der Waals surface area contributed by atoms with Gasteiger partial charge >= 0.3 is 10.1 Å². The first-order chi connectivity index (χ1) is 12.1. The molecule has 2 aromatic carbocycles. The summed E-state index contributed by atoms with van der Waals surface area (Å²) in [5, 5.41) is 10.5. The molecule has 3 N–H and O–H groups in total. The van der Waals surface area contributed by atoms with Crippen molar-refractivity contribution in [2.24, 2.45) is 0 Å². The number of aliphatic hydroxyl groups excluding tert-OH is 1. The van der Waals surface area contributed by atoms with Gasteiger partial charge in [0.25, 0.3) is 0 Å². The van der Waals surface area contributed by atoms with Crippen LogP contribution in [0.1, 0.15) is 11.7 Å². The first kappa shape index (κ1) is 20.6. The van der Waals surface area contributed by atoms with Gasteiger partial charge in [-0.2, -0.15) is 8.42 Å². The summed E-state index contributed by atoms with van der Waals surface area (Å²) < 4.78 is 61.3. The van der Waals surface area contributed by atoms with Gasteiger partial charge in [-0.15, -0.1) is 0 Å². The number of ether oxygens (including phenoxy) is 1. The number of benzene rings is 2. The maximum atomic E-state index is 12.1. The minimum absolute atomic E-state index is 0.0167. The van der Waals surface area contributed by atoms with Crippen LogP contribution < -0.4 is 9.46 Å². The molecular formula is C15H16ClNO7S2. The third-order valence-electron chi connectivity index (χ3n) is 3.23. The fourth-order valence-electron chi connectivity index (χ4n) is 1.93. The van der Waals surface area contributed by atoms with E-state index in [1.165, 1.54) is 48.5 Å². The number of sulfonamides is 1. The summed E-state index contributed by atoms with van der Waals surface area (Å²) >= 11 is 5.72. The van der Waals surface area contributed by atoms with Crippen LogP contribution in [0.4, 0.5) is 0 Å². The zero-order valence-corrected chi connectivity index (χ0v) is 15.6. The van der Waals surface area contributed by atoms with E-state index in [-0.39, 0.29) is 17.2 Å². The number of nitrogens with one attached hydrogen (secondary N) is 1. The molecule has 0 saturated carbocycles. The van der Waals surface area contributed by atoms with E-state index in [1.807, 2.05) is 0 Å². The standard InChI is InChI=1S/C15H16ClNO7S2/c16-12-3-7-14(8-4-12)26(22,23)17-9-15(18)11-1-5-13(6-2-11)24-10-25(19,20)21/h1-8,15,17-18H,9-10H2,(H,19,20,21). The van der Waals surface area contributed by atoms with Crippen molar-refractivity contribution in [3.8, 4) is 5.75 Å². The van der Waals surface area contributed by atoms with Crippen molar-refractivity contribution < 1.29 is 31.2 Å². The number of aliphatic hydroxyl groups is 1. The van der Waals surface area contributed by atoms with Crippen LogP contribution in [-0.2, 0) is 20.1 Å². The summed E-state index contributed by atoms with van der Waals surface area (Å²) in [5.74, 6) is -0.726. The van der Waals surface area contributed by atoms with Gasteiger partial charge in [-0.1, -0.05) is 23.7 Å². The average Bonchev–Trinajstić information content (AvgIpc) is 2.58. The molecular weight excluding hydrogens is 406 g/mol. The Labute approximate surface area is 156 Å². The molecule has 0 bridgehead atoms. The summed E-state index contributed by atoms with van der Waals surface area (Å²) in [5.41, 5.74) is 0.392. The second kappa shape index (κ2) is 8.33. The zero-order chi connectivity index (χ0) is 19.4. The molecule has 0 radical (unpaired) electrons. The fraction of sp³-hybridized carbons (Fsp3) is 0.200. The smallest absolute Gasteiger partial charge is 0.300 e. The van der Waals surface area contributed by atoms with Gasteiger partial charge in [-0.3, -0.25) is 4.55 Å². The third kappa shape index (κ3) is 6.24. The Morgan fingerprint density at radius 2 is 1.58 bits per heavy atom. The van der Waals surface area contributed by atoms with Gasteiger partial charge in [0.2, 0.25) is 16.0 Å². The molecule has 0 aromatic heterocycles. The van der Waals surface area contributed by atoms with Crippen LogP contribution in [0.3, 0.4) is 0 Å². The van der Waals surface area contributed by atoms with Crippen LogP contribution in [0.5, 0.6) is 5.75 Å². The van der Waals surface area contributed by atoms with Gasteiger partial charge < -0.3 is 9.84 Å². The minimum Gasteiger partial charge on any atom is -0.475 e. The lowest BCUT2D eigenvalue weighted by Crippen LogP contribution is -2.28. The molecule has 2 aromatic rings. The van der Waals surface area contributed by atoms with Gasteiger partial charge in [0.05, 0.1) is 11.0 Å². The molecule has 0 fully saturated rings. The molecule has 0 aliphatic rings. The number of hydrogen-bond acceptors (Lipinski definition) is 6. The Hall–Kier alpha value is -1.69. The van der Waals surface area contributed by atoms with E-state index in [0.717, 1.165) is 0 Å². The third-order valence-corrected chi connectivity index (χ3v) is 5.34. The zero-order valence-electron chi connectivity index (χ0n) is 13.2. The van der Waals surface area contributed by atoms with Crippen LogP contribution in [0.15, 0.2) is 53.4 Å². The Bertz CT molecular complexity index is 942. The van der Waals surface area contributed by atoms with Crippen LogP contribution in [0.2, 0.25) is 5.02 Å². The largest absolute Gasteiger partial charge is 0.475 e. The van der Waals surface area contributed by atoms with E-state index in [4.69, 9.17) is 20.9 Å². The highest BCUT2D eigenvalue weighted by molar-refractivity contribution is 7.89. The quantitative estimate of drug-likeness (QED) is 0.551. The Morgan fingerprint density at radius 3 is 2.12 bits per heavy atom. The first-order valence-electron chi connectivity index (χ1n) is 7.18. The van der Waals surface area contributed by atoms with Crippen molar-refractivity contribution in [3.63, 3.8) is 0 Å². The molecule has 0 amide bonds. The average molecular weight is 422 g/mol. The van der Waals surface area contributed by atoms with Gasteiger partial charge in [0, 0.05) is 11.6 Å². The lowest BCUT2D eigenvalue weighted by atomic mass is 10.1. The van der Waals surface area contributed by atoms with Crippen LogP contribution >= 0.6 is 11.6 Å². The van der Waals surface area contributed by atoms with Crippen molar-refractivity contribution in [2.75, 3.05) is 12.5 Å². The highest BCUT2D eigenvalue weighted by Crippen LogP contribution is 2.19. The van der Waals surface area contributed by atoms with Gasteiger partial charge in [0.15, 0.2) is 0 Å².